The quantitative estimate of drug-likeness (QED) is 0.936. The Bertz CT molecular complexity index is 573. The van der Waals surface area contributed by atoms with E-state index in [1.165, 1.54) is 0 Å². The Morgan fingerprint density at radius 3 is 3.00 bits per heavy atom. The topological polar surface area (TPSA) is 58.1 Å². The molecular formula is C15H18N4OS. The highest BCUT2D eigenvalue weighted by molar-refractivity contribution is 7.10. The first-order valence-electron chi connectivity index (χ1n) is 7.15. The number of rotatable bonds is 4. The molecule has 3 heterocycles. The SMILES string of the molecule is O=C(Cc1cccs1)N[C@H]1CCCN(c2ncccn2)C1. The molecule has 0 aromatic carbocycles. The molecule has 0 unspecified atom stereocenters. The minimum atomic E-state index is 0.0956. The molecule has 1 aliphatic heterocycles. The van der Waals surface area contributed by atoms with Crippen LogP contribution in [0.2, 0.25) is 0 Å². The van der Waals surface area contributed by atoms with Crippen molar-refractivity contribution in [3.63, 3.8) is 0 Å². The van der Waals surface area contributed by atoms with E-state index < -0.39 is 0 Å². The molecule has 0 bridgehead atoms. The van der Waals surface area contributed by atoms with Gasteiger partial charge in [-0.15, -0.1) is 11.3 Å². The first-order valence-corrected chi connectivity index (χ1v) is 8.03. The van der Waals surface area contributed by atoms with Crippen LogP contribution < -0.4 is 10.2 Å². The van der Waals surface area contributed by atoms with E-state index in [-0.39, 0.29) is 11.9 Å². The molecule has 1 N–H and O–H groups in total. The molecule has 0 saturated carbocycles. The van der Waals surface area contributed by atoms with Crippen molar-refractivity contribution in [2.75, 3.05) is 18.0 Å². The third-order valence-corrected chi connectivity index (χ3v) is 4.41. The maximum Gasteiger partial charge on any atom is 0.225 e. The van der Waals surface area contributed by atoms with Gasteiger partial charge in [-0.25, -0.2) is 9.97 Å². The molecule has 1 fully saturated rings. The van der Waals surface area contributed by atoms with E-state index in [2.05, 4.69) is 20.2 Å². The number of hydrogen-bond acceptors (Lipinski definition) is 5. The van der Waals surface area contributed by atoms with Gasteiger partial charge in [-0.05, 0) is 30.4 Å². The number of nitrogens with one attached hydrogen (secondary N) is 1. The van der Waals surface area contributed by atoms with Crippen LogP contribution in [0.3, 0.4) is 0 Å². The summed E-state index contributed by atoms with van der Waals surface area (Å²) in [6.45, 7) is 1.72. The van der Waals surface area contributed by atoms with Crippen molar-refractivity contribution < 1.29 is 4.79 Å². The summed E-state index contributed by atoms with van der Waals surface area (Å²) in [4.78, 5) is 23.9. The average molecular weight is 302 g/mol. The lowest BCUT2D eigenvalue weighted by molar-refractivity contribution is -0.121. The van der Waals surface area contributed by atoms with Crippen LogP contribution in [0, 0.1) is 0 Å². The van der Waals surface area contributed by atoms with E-state index in [4.69, 9.17) is 0 Å². The maximum absolute atomic E-state index is 12.1. The van der Waals surface area contributed by atoms with Crippen molar-refractivity contribution in [1.29, 1.82) is 0 Å². The summed E-state index contributed by atoms with van der Waals surface area (Å²) in [5, 5.41) is 5.13. The zero-order valence-electron chi connectivity index (χ0n) is 11.7. The number of amides is 1. The molecule has 6 heteroatoms. The number of piperidine rings is 1. The molecule has 3 rings (SSSR count). The van der Waals surface area contributed by atoms with Gasteiger partial charge in [0.05, 0.1) is 6.42 Å². The lowest BCUT2D eigenvalue weighted by Crippen LogP contribution is -2.48. The minimum Gasteiger partial charge on any atom is -0.351 e. The second-order valence-electron chi connectivity index (χ2n) is 5.16. The lowest BCUT2D eigenvalue weighted by atomic mass is 10.1. The standard InChI is InChI=1S/C15H18N4OS/c20-14(10-13-5-2-9-21-13)18-12-4-1-8-19(11-12)15-16-6-3-7-17-15/h2-3,5-7,9,12H,1,4,8,10-11H2,(H,18,20)/t12-/m0/s1. The predicted molar refractivity (Wildman–Crippen MR) is 83.4 cm³/mol. The van der Waals surface area contributed by atoms with E-state index in [1.807, 2.05) is 23.6 Å². The fourth-order valence-corrected chi connectivity index (χ4v) is 3.28. The highest BCUT2D eigenvalue weighted by Gasteiger charge is 2.22. The van der Waals surface area contributed by atoms with Crippen molar-refractivity contribution in [3.8, 4) is 0 Å². The van der Waals surface area contributed by atoms with E-state index in [9.17, 15) is 4.79 Å². The Kier molecular flexibility index (Phi) is 4.45. The fourth-order valence-electron chi connectivity index (χ4n) is 2.58. The van der Waals surface area contributed by atoms with E-state index in [0.29, 0.717) is 6.42 Å². The number of aromatic nitrogens is 2. The van der Waals surface area contributed by atoms with Gasteiger partial charge < -0.3 is 10.2 Å². The Labute approximate surface area is 128 Å². The van der Waals surface area contributed by atoms with Crippen LogP contribution in [-0.4, -0.2) is 35.0 Å². The second-order valence-corrected chi connectivity index (χ2v) is 6.19. The zero-order valence-corrected chi connectivity index (χ0v) is 12.6. The maximum atomic E-state index is 12.1. The molecule has 0 aliphatic carbocycles. The molecule has 1 amide bonds. The summed E-state index contributed by atoms with van der Waals surface area (Å²) < 4.78 is 0. The number of nitrogens with zero attached hydrogens (tertiary/aromatic N) is 3. The van der Waals surface area contributed by atoms with Crippen molar-refractivity contribution in [2.24, 2.45) is 0 Å². The van der Waals surface area contributed by atoms with Gasteiger partial charge in [-0.2, -0.15) is 0 Å². The van der Waals surface area contributed by atoms with Gasteiger partial charge in [-0.3, -0.25) is 4.79 Å². The molecule has 1 atom stereocenters. The molecule has 110 valence electrons. The number of carbonyl (C=O) groups is 1. The Hall–Kier alpha value is -1.95. The molecule has 0 radical (unpaired) electrons. The largest absolute Gasteiger partial charge is 0.351 e. The van der Waals surface area contributed by atoms with Gasteiger partial charge in [0.25, 0.3) is 0 Å². The van der Waals surface area contributed by atoms with Crippen LogP contribution in [0.25, 0.3) is 0 Å². The first kappa shape index (κ1) is 14.0. The molecule has 5 nitrogen and oxygen atoms in total. The fraction of sp³-hybridized carbons (Fsp3) is 0.400. The van der Waals surface area contributed by atoms with Gasteiger partial charge in [0.1, 0.15) is 0 Å². The highest BCUT2D eigenvalue weighted by atomic mass is 32.1. The Morgan fingerprint density at radius 2 is 2.24 bits per heavy atom. The number of thiophene rings is 1. The molecule has 0 spiro atoms. The minimum absolute atomic E-state index is 0.0956. The number of hydrogen-bond donors (Lipinski definition) is 1. The number of carbonyl (C=O) groups excluding carboxylic acids is 1. The molecule has 21 heavy (non-hydrogen) atoms. The summed E-state index contributed by atoms with van der Waals surface area (Å²) in [5.41, 5.74) is 0. The Balaban J connectivity index is 1.55. The third-order valence-electron chi connectivity index (χ3n) is 3.54. The van der Waals surface area contributed by atoms with Crippen LogP contribution in [0.15, 0.2) is 36.0 Å². The van der Waals surface area contributed by atoms with Crippen molar-refractivity contribution in [2.45, 2.75) is 25.3 Å². The third kappa shape index (κ3) is 3.78. The lowest BCUT2D eigenvalue weighted by Gasteiger charge is -2.33. The van der Waals surface area contributed by atoms with Crippen LogP contribution in [0.5, 0.6) is 0 Å². The van der Waals surface area contributed by atoms with Crippen LogP contribution in [-0.2, 0) is 11.2 Å². The van der Waals surface area contributed by atoms with Crippen molar-refractivity contribution >= 4 is 23.2 Å². The summed E-state index contributed by atoms with van der Waals surface area (Å²) in [6.07, 6.45) is 6.03. The summed E-state index contributed by atoms with van der Waals surface area (Å²) >= 11 is 1.62. The van der Waals surface area contributed by atoms with Gasteiger partial charge in [-0.1, -0.05) is 6.07 Å². The Morgan fingerprint density at radius 1 is 1.38 bits per heavy atom. The normalized spacial score (nSPS) is 18.5. The van der Waals surface area contributed by atoms with Gasteiger partial charge in [0.15, 0.2) is 0 Å². The van der Waals surface area contributed by atoms with Crippen LogP contribution in [0.4, 0.5) is 5.95 Å². The van der Waals surface area contributed by atoms with Gasteiger partial charge in [0, 0.05) is 36.4 Å². The van der Waals surface area contributed by atoms with Gasteiger partial charge in [0.2, 0.25) is 11.9 Å². The zero-order chi connectivity index (χ0) is 14.5. The highest BCUT2D eigenvalue weighted by Crippen LogP contribution is 2.16. The number of anilines is 1. The summed E-state index contributed by atoms with van der Waals surface area (Å²) in [6, 6.07) is 5.96. The van der Waals surface area contributed by atoms with Crippen LogP contribution in [0.1, 0.15) is 17.7 Å². The average Bonchev–Trinajstić information content (AvgIpc) is 3.01. The van der Waals surface area contributed by atoms with E-state index in [1.54, 1.807) is 23.7 Å². The molecule has 2 aromatic heterocycles. The predicted octanol–water partition coefficient (Wildman–Crippen LogP) is 1.87. The molecule has 1 saturated heterocycles. The van der Waals surface area contributed by atoms with Crippen molar-refractivity contribution in [1.82, 2.24) is 15.3 Å². The monoisotopic (exact) mass is 302 g/mol. The summed E-state index contributed by atoms with van der Waals surface area (Å²) in [5.74, 6) is 0.841. The van der Waals surface area contributed by atoms with Crippen LogP contribution >= 0.6 is 11.3 Å². The summed E-state index contributed by atoms with van der Waals surface area (Å²) in [7, 11) is 0. The van der Waals surface area contributed by atoms with Gasteiger partial charge >= 0.3 is 0 Å². The van der Waals surface area contributed by atoms with E-state index >= 15 is 0 Å². The molecule has 2 aromatic rings. The first-order chi connectivity index (χ1) is 10.3. The molecule has 1 aliphatic rings. The smallest absolute Gasteiger partial charge is 0.225 e. The second kappa shape index (κ2) is 6.67. The molecular weight excluding hydrogens is 284 g/mol. The van der Waals surface area contributed by atoms with E-state index in [0.717, 1.165) is 36.8 Å². The van der Waals surface area contributed by atoms with Crippen molar-refractivity contribution in [3.05, 3.63) is 40.8 Å².